The first-order chi connectivity index (χ1) is 5.59. The molecule has 1 amide bonds. The molecule has 0 aromatic heterocycles. The summed E-state index contributed by atoms with van der Waals surface area (Å²) in [6, 6.07) is 0.252. The van der Waals surface area contributed by atoms with E-state index in [1.165, 1.54) is 0 Å². The summed E-state index contributed by atoms with van der Waals surface area (Å²) in [5.74, 6) is -0.217. The molecule has 68 valence electrons. The van der Waals surface area contributed by atoms with Gasteiger partial charge in [-0.05, 0) is 32.1 Å². The van der Waals surface area contributed by atoms with Crippen molar-refractivity contribution < 1.29 is 9.82 Å². The highest BCUT2D eigenvalue weighted by Crippen LogP contribution is 2.24. The number of primary amides is 1. The predicted octanol–water partition coefficient (Wildman–Crippen LogP) is -0.660. The zero-order chi connectivity index (χ0) is 9.14. The van der Waals surface area contributed by atoms with Crippen LogP contribution < -0.4 is 11.0 Å². The van der Waals surface area contributed by atoms with E-state index in [-0.39, 0.29) is 17.9 Å². The van der Waals surface area contributed by atoms with Gasteiger partial charge < -0.3 is 16.0 Å². The average molecular weight is 170 g/mol. The minimum atomic E-state index is -0.498. The Morgan fingerprint density at radius 1 is 1.67 bits per heavy atom. The van der Waals surface area contributed by atoms with E-state index in [2.05, 4.69) is 5.23 Å². The summed E-state index contributed by atoms with van der Waals surface area (Å²) in [6.07, 6.45) is 2.54. The van der Waals surface area contributed by atoms with Crippen LogP contribution in [0.2, 0.25) is 6.82 Å². The van der Waals surface area contributed by atoms with E-state index in [4.69, 9.17) is 10.8 Å². The van der Waals surface area contributed by atoms with E-state index in [9.17, 15) is 4.79 Å². The van der Waals surface area contributed by atoms with Crippen molar-refractivity contribution in [3.05, 3.63) is 0 Å². The van der Waals surface area contributed by atoms with Crippen LogP contribution in [-0.4, -0.2) is 24.0 Å². The van der Waals surface area contributed by atoms with Crippen LogP contribution in [0.15, 0.2) is 0 Å². The first kappa shape index (κ1) is 9.54. The third-order valence-corrected chi connectivity index (χ3v) is 2.31. The van der Waals surface area contributed by atoms with Gasteiger partial charge >= 0.3 is 7.05 Å². The fourth-order valence-corrected chi connectivity index (χ4v) is 1.73. The number of hydrogen-bond acceptors (Lipinski definition) is 3. The molecule has 0 heterocycles. The molecule has 4 N–H and O–H groups in total. The number of nitrogens with two attached hydrogens (primary N) is 1. The molecule has 2 atom stereocenters. The molecule has 0 saturated heterocycles. The number of hydrogen-bond donors (Lipinski definition) is 3. The van der Waals surface area contributed by atoms with Crippen LogP contribution in [0.25, 0.3) is 0 Å². The molecule has 0 spiro atoms. The highest BCUT2D eigenvalue weighted by atomic mass is 16.2. The molecule has 2 unspecified atom stereocenters. The van der Waals surface area contributed by atoms with Crippen molar-refractivity contribution in [3.63, 3.8) is 0 Å². The second-order valence-electron chi connectivity index (χ2n) is 3.45. The summed E-state index contributed by atoms with van der Waals surface area (Å²) in [4.78, 5) is 10.8. The average Bonchev–Trinajstić information content (AvgIpc) is 2.34. The molecule has 1 rings (SSSR count). The largest absolute Gasteiger partial charge is 0.437 e. The second-order valence-corrected chi connectivity index (χ2v) is 3.45. The van der Waals surface area contributed by atoms with E-state index < -0.39 is 7.05 Å². The molecule has 0 aliphatic heterocycles. The summed E-state index contributed by atoms with van der Waals surface area (Å²) in [7, 11) is -0.498. The van der Waals surface area contributed by atoms with Gasteiger partial charge in [0.25, 0.3) is 0 Å². The zero-order valence-corrected chi connectivity index (χ0v) is 7.29. The Balaban J connectivity index is 2.30. The molecule has 1 saturated carbocycles. The predicted molar refractivity (Wildman–Crippen MR) is 47.3 cm³/mol. The van der Waals surface area contributed by atoms with Crippen LogP contribution in [0.4, 0.5) is 0 Å². The van der Waals surface area contributed by atoms with Crippen LogP contribution in [0.5, 0.6) is 0 Å². The molecular formula is C7H15BN2O2. The third kappa shape index (κ3) is 2.50. The highest BCUT2D eigenvalue weighted by Gasteiger charge is 2.28. The SMILES string of the molecule is CB(O)NC1CCC(C(N)=O)C1. The second kappa shape index (κ2) is 3.91. The van der Waals surface area contributed by atoms with Crippen molar-refractivity contribution in [1.29, 1.82) is 0 Å². The minimum Gasteiger partial charge on any atom is -0.437 e. The first-order valence-corrected chi connectivity index (χ1v) is 4.33. The lowest BCUT2D eigenvalue weighted by Crippen LogP contribution is -2.38. The Kier molecular flexibility index (Phi) is 3.11. The molecule has 0 aromatic carbocycles. The maximum Gasteiger partial charge on any atom is 0.373 e. The number of carbonyl (C=O) groups is 1. The van der Waals surface area contributed by atoms with E-state index in [1.54, 1.807) is 6.82 Å². The van der Waals surface area contributed by atoms with Crippen molar-refractivity contribution in [2.45, 2.75) is 32.1 Å². The molecule has 12 heavy (non-hydrogen) atoms. The summed E-state index contributed by atoms with van der Waals surface area (Å²) >= 11 is 0. The summed E-state index contributed by atoms with van der Waals surface area (Å²) in [5, 5.41) is 12.0. The molecule has 0 radical (unpaired) electrons. The van der Waals surface area contributed by atoms with Crippen molar-refractivity contribution in [2.75, 3.05) is 0 Å². The number of rotatable bonds is 3. The van der Waals surface area contributed by atoms with Crippen molar-refractivity contribution in [1.82, 2.24) is 5.23 Å². The Hall–Kier alpha value is -0.545. The van der Waals surface area contributed by atoms with Gasteiger partial charge in [-0.3, -0.25) is 4.79 Å². The van der Waals surface area contributed by atoms with Crippen molar-refractivity contribution in [2.24, 2.45) is 11.7 Å². The lowest BCUT2D eigenvalue weighted by atomic mass is 9.87. The van der Waals surface area contributed by atoms with Gasteiger partial charge in [0, 0.05) is 5.92 Å². The molecule has 0 bridgehead atoms. The minimum absolute atomic E-state index is 0.00116. The van der Waals surface area contributed by atoms with Gasteiger partial charge in [-0.2, -0.15) is 0 Å². The summed E-state index contributed by atoms with van der Waals surface area (Å²) < 4.78 is 0. The molecule has 5 heteroatoms. The molecule has 4 nitrogen and oxygen atoms in total. The molecule has 0 aromatic rings. The van der Waals surface area contributed by atoms with Gasteiger partial charge in [-0.1, -0.05) is 0 Å². The van der Waals surface area contributed by atoms with Crippen LogP contribution in [0.3, 0.4) is 0 Å². The lowest BCUT2D eigenvalue weighted by molar-refractivity contribution is -0.121. The number of carbonyl (C=O) groups excluding carboxylic acids is 1. The van der Waals surface area contributed by atoms with Crippen molar-refractivity contribution in [3.8, 4) is 0 Å². The van der Waals surface area contributed by atoms with Gasteiger partial charge in [0.1, 0.15) is 0 Å². The molecule has 1 aliphatic carbocycles. The van der Waals surface area contributed by atoms with E-state index in [0.717, 1.165) is 19.3 Å². The van der Waals surface area contributed by atoms with Crippen LogP contribution in [-0.2, 0) is 4.79 Å². The quantitative estimate of drug-likeness (QED) is 0.492. The Morgan fingerprint density at radius 3 is 2.75 bits per heavy atom. The fourth-order valence-electron chi connectivity index (χ4n) is 1.73. The number of nitrogens with one attached hydrogen (secondary N) is 1. The number of amides is 1. The van der Waals surface area contributed by atoms with E-state index in [1.807, 2.05) is 0 Å². The molecule has 1 aliphatic rings. The van der Waals surface area contributed by atoms with Crippen LogP contribution in [0, 0.1) is 5.92 Å². The van der Waals surface area contributed by atoms with Gasteiger partial charge in [-0.25, -0.2) is 0 Å². The highest BCUT2D eigenvalue weighted by molar-refractivity contribution is 6.45. The molecular weight excluding hydrogens is 155 g/mol. The maximum absolute atomic E-state index is 10.8. The Morgan fingerprint density at radius 2 is 2.33 bits per heavy atom. The van der Waals surface area contributed by atoms with Gasteiger partial charge in [-0.15, -0.1) is 0 Å². The topological polar surface area (TPSA) is 75.3 Å². The lowest BCUT2D eigenvalue weighted by Gasteiger charge is -2.11. The van der Waals surface area contributed by atoms with Crippen molar-refractivity contribution >= 4 is 13.0 Å². The summed E-state index contributed by atoms with van der Waals surface area (Å²) in [6.45, 7) is 1.68. The zero-order valence-electron chi connectivity index (χ0n) is 7.29. The Bertz CT molecular complexity index is 175. The van der Waals surface area contributed by atoms with Gasteiger partial charge in [0.05, 0.1) is 0 Å². The van der Waals surface area contributed by atoms with Crippen LogP contribution >= 0.6 is 0 Å². The first-order valence-electron chi connectivity index (χ1n) is 4.33. The summed E-state index contributed by atoms with van der Waals surface area (Å²) in [5.41, 5.74) is 5.16. The maximum atomic E-state index is 10.8. The van der Waals surface area contributed by atoms with E-state index >= 15 is 0 Å². The van der Waals surface area contributed by atoms with Crippen LogP contribution in [0.1, 0.15) is 19.3 Å². The van der Waals surface area contributed by atoms with Gasteiger partial charge in [0.2, 0.25) is 5.91 Å². The third-order valence-electron chi connectivity index (χ3n) is 2.31. The smallest absolute Gasteiger partial charge is 0.373 e. The normalized spacial score (nSPS) is 28.8. The van der Waals surface area contributed by atoms with E-state index in [0.29, 0.717) is 0 Å². The molecule has 1 fully saturated rings. The monoisotopic (exact) mass is 170 g/mol. The standard InChI is InChI=1S/C7H15BN2O2/c1-8(12)10-6-3-2-5(4-6)7(9)11/h5-6,10,12H,2-4H2,1H3,(H2,9,11). The van der Waals surface area contributed by atoms with Gasteiger partial charge in [0.15, 0.2) is 0 Å². The fraction of sp³-hybridized carbons (Fsp3) is 0.857. The Labute approximate surface area is 72.6 Å².